The van der Waals surface area contributed by atoms with Gasteiger partial charge in [0, 0.05) is 21.2 Å². The maximum absolute atomic E-state index is 3.75. The molecular weight excluding hydrogens is 342 g/mol. The monoisotopic (exact) mass is 367 g/mol. The summed E-state index contributed by atoms with van der Waals surface area (Å²) < 4.78 is 1.15. The molecule has 1 aliphatic carbocycles. The molecule has 0 heterocycles. The number of hydrogen-bond acceptors (Lipinski definition) is 2. The summed E-state index contributed by atoms with van der Waals surface area (Å²) in [6, 6.07) is 9.20. The van der Waals surface area contributed by atoms with Crippen LogP contribution in [0.3, 0.4) is 0 Å². The summed E-state index contributed by atoms with van der Waals surface area (Å²) in [6.45, 7) is 3.36. The summed E-state index contributed by atoms with van der Waals surface area (Å²) in [5.41, 5.74) is 1.64. The van der Waals surface area contributed by atoms with E-state index in [-0.39, 0.29) is 0 Å². The van der Waals surface area contributed by atoms with Crippen LogP contribution in [0.4, 0.5) is 0 Å². The summed E-state index contributed by atoms with van der Waals surface area (Å²) in [5.74, 6) is 1.13. The van der Waals surface area contributed by atoms with Gasteiger partial charge in [-0.2, -0.15) is 0 Å². The topological polar surface area (TPSA) is 12.0 Å². The van der Waals surface area contributed by atoms with Gasteiger partial charge in [0.05, 0.1) is 0 Å². The van der Waals surface area contributed by atoms with E-state index < -0.39 is 0 Å². The van der Waals surface area contributed by atoms with E-state index in [0.717, 1.165) is 16.8 Å². The van der Waals surface area contributed by atoms with Gasteiger partial charge in [0.2, 0.25) is 0 Å². The number of allylic oxidation sites excluding steroid dienone is 1. The van der Waals surface area contributed by atoms with Crippen LogP contribution >= 0.6 is 27.7 Å². The molecule has 1 unspecified atom stereocenters. The first-order valence-electron chi connectivity index (χ1n) is 8.10. The van der Waals surface area contributed by atoms with Crippen molar-refractivity contribution < 1.29 is 0 Å². The third-order valence-corrected chi connectivity index (χ3v) is 5.53. The zero-order valence-electron chi connectivity index (χ0n) is 12.9. The van der Waals surface area contributed by atoms with Gasteiger partial charge in [-0.05, 0) is 62.9 Å². The van der Waals surface area contributed by atoms with E-state index in [1.54, 1.807) is 5.57 Å². The van der Waals surface area contributed by atoms with Crippen molar-refractivity contribution in [1.82, 2.24) is 5.32 Å². The lowest BCUT2D eigenvalue weighted by atomic mass is 10.0. The Morgan fingerprint density at radius 2 is 2.00 bits per heavy atom. The lowest BCUT2D eigenvalue weighted by molar-refractivity contribution is 0.584. The standard InChI is InChI=1S/C18H26BrNS/c1-2-13-20-18(15-7-5-3-4-6-8-15)14-21-17-11-9-16(19)10-12-17/h7,9-12,18,20H,2-6,8,13-14H2,1H3. The molecule has 1 aromatic carbocycles. The molecule has 1 nitrogen and oxygen atoms in total. The third kappa shape index (κ3) is 6.17. The van der Waals surface area contributed by atoms with Crippen LogP contribution in [0.2, 0.25) is 0 Å². The molecule has 0 amide bonds. The maximum atomic E-state index is 3.75. The van der Waals surface area contributed by atoms with Crippen LogP contribution in [-0.2, 0) is 0 Å². The van der Waals surface area contributed by atoms with Crippen molar-refractivity contribution in [3.8, 4) is 0 Å². The maximum Gasteiger partial charge on any atom is 0.0374 e. The molecule has 0 saturated heterocycles. The first-order valence-corrected chi connectivity index (χ1v) is 9.88. The molecule has 21 heavy (non-hydrogen) atoms. The Balaban J connectivity index is 1.94. The molecule has 0 spiro atoms. The average Bonchev–Trinajstić information content (AvgIpc) is 2.78. The van der Waals surface area contributed by atoms with E-state index in [1.165, 1.54) is 43.4 Å². The number of nitrogens with one attached hydrogen (secondary N) is 1. The second-order valence-corrected chi connectivity index (χ2v) is 7.66. The van der Waals surface area contributed by atoms with E-state index in [9.17, 15) is 0 Å². The molecule has 0 aliphatic heterocycles. The molecule has 0 fully saturated rings. The molecule has 1 atom stereocenters. The van der Waals surface area contributed by atoms with E-state index >= 15 is 0 Å². The van der Waals surface area contributed by atoms with Gasteiger partial charge in [-0.1, -0.05) is 40.9 Å². The number of hydrogen-bond donors (Lipinski definition) is 1. The van der Waals surface area contributed by atoms with Gasteiger partial charge in [0.25, 0.3) is 0 Å². The van der Waals surface area contributed by atoms with E-state index in [1.807, 2.05) is 11.8 Å². The smallest absolute Gasteiger partial charge is 0.0374 e. The summed E-state index contributed by atoms with van der Waals surface area (Å²) in [6.07, 6.45) is 10.4. The van der Waals surface area contributed by atoms with Gasteiger partial charge >= 0.3 is 0 Å². The fraction of sp³-hybridized carbons (Fsp3) is 0.556. The first-order chi connectivity index (χ1) is 10.3. The zero-order chi connectivity index (χ0) is 14.9. The van der Waals surface area contributed by atoms with Crippen molar-refractivity contribution in [2.75, 3.05) is 12.3 Å². The van der Waals surface area contributed by atoms with Crippen LogP contribution in [0.25, 0.3) is 0 Å². The highest BCUT2D eigenvalue weighted by Gasteiger charge is 2.15. The molecular formula is C18H26BrNS. The fourth-order valence-corrected chi connectivity index (χ4v) is 3.97. The Hall–Kier alpha value is -0.250. The molecule has 0 saturated carbocycles. The Bertz CT molecular complexity index is 441. The van der Waals surface area contributed by atoms with Crippen LogP contribution in [-0.4, -0.2) is 18.3 Å². The fourth-order valence-electron chi connectivity index (χ4n) is 2.68. The van der Waals surface area contributed by atoms with E-state index in [0.29, 0.717) is 6.04 Å². The molecule has 2 rings (SSSR count). The lowest BCUT2D eigenvalue weighted by Gasteiger charge is -2.21. The normalized spacial score (nSPS) is 17.1. The van der Waals surface area contributed by atoms with Crippen LogP contribution in [0, 0.1) is 0 Å². The predicted molar refractivity (Wildman–Crippen MR) is 98.1 cm³/mol. The Kier molecular flexibility index (Phi) is 7.91. The second-order valence-electron chi connectivity index (χ2n) is 5.65. The highest BCUT2D eigenvalue weighted by molar-refractivity contribution is 9.10. The summed E-state index contributed by atoms with van der Waals surface area (Å²) in [5, 5.41) is 3.75. The predicted octanol–water partition coefficient (Wildman–Crippen LogP) is 5.80. The van der Waals surface area contributed by atoms with Crippen molar-refractivity contribution in [2.45, 2.75) is 56.4 Å². The van der Waals surface area contributed by atoms with Crippen LogP contribution in [0.5, 0.6) is 0 Å². The van der Waals surface area contributed by atoms with Crippen molar-refractivity contribution in [3.05, 3.63) is 40.4 Å². The van der Waals surface area contributed by atoms with Gasteiger partial charge in [0.15, 0.2) is 0 Å². The van der Waals surface area contributed by atoms with Gasteiger partial charge in [-0.25, -0.2) is 0 Å². The van der Waals surface area contributed by atoms with Crippen molar-refractivity contribution in [2.24, 2.45) is 0 Å². The van der Waals surface area contributed by atoms with Crippen LogP contribution in [0.1, 0.15) is 45.4 Å². The largest absolute Gasteiger partial charge is 0.310 e. The van der Waals surface area contributed by atoms with Gasteiger partial charge in [-0.3, -0.25) is 0 Å². The molecule has 0 radical (unpaired) electrons. The number of rotatable bonds is 7. The van der Waals surface area contributed by atoms with Crippen LogP contribution in [0.15, 0.2) is 45.3 Å². The Morgan fingerprint density at radius 3 is 2.76 bits per heavy atom. The number of thioether (sulfide) groups is 1. The van der Waals surface area contributed by atoms with Crippen molar-refractivity contribution in [1.29, 1.82) is 0 Å². The molecule has 0 bridgehead atoms. The first kappa shape index (κ1) is 17.1. The molecule has 1 aliphatic rings. The van der Waals surface area contributed by atoms with E-state index in [2.05, 4.69) is 58.5 Å². The lowest BCUT2D eigenvalue weighted by Crippen LogP contribution is -2.33. The van der Waals surface area contributed by atoms with Crippen molar-refractivity contribution >= 4 is 27.7 Å². The summed E-state index contributed by atoms with van der Waals surface area (Å²) >= 11 is 5.46. The number of halogens is 1. The molecule has 0 aromatic heterocycles. The third-order valence-electron chi connectivity index (χ3n) is 3.89. The summed E-state index contributed by atoms with van der Waals surface area (Å²) in [4.78, 5) is 1.36. The second kappa shape index (κ2) is 9.70. The number of benzene rings is 1. The molecule has 116 valence electrons. The Labute approximate surface area is 142 Å². The van der Waals surface area contributed by atoms with Gasteiger partial charge in [0.1, 0.15) is 0 Å². The quantitative estimate of drug-likeness (QED) is 0.482. The molecule has 1 aromatic rings. The average molecular weight is 368 g/mol. The molecule has 1 N–H and O–H groups in total. The highest BCUT2D eigenvalue weighted by atomic mass is 79.9. The molecule has 3 heteroatoms. The highest BCUT2D eigenvalue weighted by Crippen LogP contribution is 2.26. The minimum Gasteiger partial charge on any atom is -0.310 e. The minimum absolute atomic E-state index is 0.539. The van der Waals surface area contributed by atoms with Gasteiger partial charge in [-0.15, -0.1) is 11.8 Å². The Morgan fingerprint density at radius 1 is 1.19 bits per heavy atom. The van der Waals surface area contributed by atoms with Gasteiger partial charge < -0.3 is 5.32 Å². The van der Waals surface area contributed by atoms with Crippen molar-refractivity contribution in [3.63, 3.8) is 0 Å². The SMILES string of the molecule is CCCNC(CSc1ccc(Br)cc1)C1=CCCCCC1. The van der Waals surface area contributed by atoms with Crippen LogP contribution < -0.4 is 5.32 Å². The zero-order valence-corrected chi connectivity index (χ0v) is 15.3. The minimum atomic E-state index is 0.539. The van der Waals surface area contributed by atoms with E-state index in [4.69, 9.17) is 0 Å². The summed E-state index contributed by atoms with van der Waals surface area (Å²) in [7, 11) is 0.